The van der Waals surface area contributed by atoms with Crippen molar-refractivity contribution in [2.45, 2.75) is 32.2 Å². The van der Waals surface area contributed by atoms with Crippen molar-refractivity contribution in [2.75, 3.05) is 11.9 Å². The van der Waals surface area contributed by atoms with Gasteiger partial charge in [0, 0.05) is 19.5 Å². The van der Waals surface area contributed by atoms with Crippen LogP contribution in [-0.4, -0.2) is 33.7 Å². The van der Waals surface area contributed by atoms with Crippen molar-refractivity contribution in [3.63, 3.8) is 0 Å². The van der Waals surface area contributed by atoms with Crippen LogP contribution in [0.1, 0.15) is 35.5 Å². The predicted molar refractivity (Wildman–Crippen MR) is 121 cm³/mol. The number of nitrogens with zero attached hydrogens (tertiary/aromatic N) is 3. The number of aryl methyl sites for hydroxylation is 1. The molecule has 2 unspecified atom stereocenters. The summed E-state index contributed by atoms with van der Waals surface area (Å²) in [5, 5.41) is 15.3. The van der Waals surface area contributed by atoms with Gasteiger partial charge in [-0.25, -0.2) is 9.37 Å². The Morgan fingerprint density at radius 2 is 2.09 bits per heavy atom. The molecule has 1 aliphatic carbocycles. The van der Waals surface area contributed by atoms with E-state index in [0.29, 0.717) is 29.5 Å². The average Bonchev–Trinajstić information content (AvgIpc) is 3.52. The summed E-state index contributed by atoms with van der Waals surface area (Å²) in [5.41, 5.74) is 1.91. The van der Waals surface area contributed by atoms with Crippen molar-refractivity contribution in [3.8, 4) is 11.5 Å². The third kappa shape index (κ3) is 4.20. The standard InChI is InChI=1S/C23H22FN5O2S/c1-13-28-29-22(31-13)17-7-3-2-6-16(17)21(30)25-12-14-5-4-8-18(14)26-23-27-19-10-9-15(24)11-20(19)32-23/h2-3,6-7,9-11,14,18H,4-5,8,12H2,1H3,(H,25,30)(H,26,27). The monoisotopic (exact) mass is 451 g/mol. The Balaban J connectivity index is 1.26. The molecule has 7 nitrogen and oxygen atoms in total. The van der Waals surface area contributed by atoms with Gasteiger partial charge in [0.25, 0.3) is 5.91 Å². The first-order valence-electron chi connectivity index (χ1n) is 10.6. The maximum Gasteiger partial charge on any atom is 0.252 e. The molecule has 0 bridgehead atoms. The summed E-state index contributed by atoms with van der Waals surface area (Å²) in [6, 6.07) is 12.0. The van der Waals surface area contributed by atoms with Gasteiger partial charge < -0.3 is 15.1 Å². The highest BCUT2D eigenvalue weighted by molar-refractivity contribution is 7.22. The van der Waals surface area contributed by atoms with Crippen molar-refractivity contribution in [1.82, 2.24) is 20.5 Å². The van der Waals surface area contributed by atoms with E-state index in [4.69, 9.17) is 4.42 Å². The lowest BCUT2D eigenvalue weighted by atomic mass is 10.0. The van der Waals surface area contributed by atoms with E-state index in [0.717, 1.165) is 34.6 Å². The second kappa shape index (κ2) is 8.66. The SMILES string of the molecule is Cc1nnc(-c2ccccc2C(=O)NCC2CCCC2Nc2nc3ccc(F)cc3s2)o1. The van der Waals surface area contributed by atoms with Gasteiger partial charge in [-0.3, -0.25) is 4.79 Å². The van der Waals surface area contributed by atoms with Crippen LogP contribution in [-0.2, 0) is 0 Å². The van der Waals surface area contributed by atoms with Gasteiger partial charge in [0.2, 0.25) is 11.8 Å². The number of hydrogen-bond donors (Lipinski definition) is 2. The topological polar surface area (TPSA) is 92.9 Å². The van der Waals surface area contributed by atoms with E-state index in [1.54, 1.807) is 25.1 Å². The van der Waals surface area contributed by atoms with E-state index in [-0.39, 0.29) is 23.7 Å². The lowest BCUT2D eigenvalue weighted by Gasteiger charge is -2.21. The van der Waals surface area contributed by atoms with Crippen molar-refractivity contribution in [1.29, 1.82) is 0 Å². The van der Waals surface area contributed by atoms with E-state index in [2.05, 4.69) is 25.8 Å². The predicted octanol–water partition coefficient (Wildman–Crippen LogP) is 4.80. The number of hydrogen-bond acceptors (Lipinski definition) is 7. The summed E-state index contributed by atoms with van der Waals surface area (Å²) in [6.07, 6.45) is 3.10. The first-order chi connectivity index (χ1) is 15.6. The molecule has 1 amide bonds. The molecule has 1 aliphatic rings. The van der Waals surface area contributed by atoms with E-state index in [1.165, 1.54) is 23.5 Å². The molecule has 2 aromatic heterocycles. The van der Waals surface area contributed by atoms with Crippen LogP contribution in [0.25, 0.3) is 21.7 Å². The van der Waals surface area contributed by atoms with Crippen LogP contribution >= 0.6 is 11.3 Å². The van der Waals surface area contributed by atoms with Crippen LogP contribution in [0.15, 0.2) is 46.9 Å². The summed E-state index contributed by atoms with van der Waals surface area (Å²) in [7, 11) is 0. The minimum Gasteiger partial charge on any atom is -0.421 e. The highest BCUT2D eigenvalue weighted by Gasteiger charge is 2.29. The smallest absolute Gasteiger partial charge is 0.252 e. The zero-order valence-electron chi connectivity index (χ0n) is 17.5. The highest BCUT2D eigenvalue weighted by atomic mass is 32.1. The summed E-state index contributed by atoms with van der Waals surface area (Å²) >= 11 is 1.45. The van der Waals surface area contributed by atoms with Crippen molar-refractivity contribution in [2.24, 2.45) is 5.92 Å². The Hall–Kier alpha value is -3.33. The fraction of sp³-hybridized carbons (Fsp3) is 0.304. The zero-order chi connectivity index (χ0) is 22.1. The normalized spacial score (nSPS) is 18.2. The second-order valence-electron chi connectivity index (χ2n) is 7.95. The van der Waals surface area contributed by atoms with Crippen LogP contribution in [0.3, 0.4) is 0 Å². The maximum absolute atomic E-state index is 13.5. The van der Waals surface area contributed by atoms with Gasteiger partial charge in [-0.05, 0) is 49.1 Å². The summed E-state index contributed by atoms with van der Waals surface area (Å²) in [5.74, 6) is 0.636. The molecular formula is C23H22FN5O2S. The summed E-state index contributed by atoms with van der Waals surface area (Å²) in [6.45, 7) is 2.27. The number of benzene rings is 2. The Morgan fingerprint density at radius 3 is 2.94 bits per heavy atom. The highest BCUT2D eigenvalue weighted by Crippen LogP contribution is 2.32. The minimum absolute atomic E-state index is 0.169. The van der Waals surface area contributed by atoms with Gasteiger partial charge in [0.1, 0.15) is 5.82 Å². The van der Waals surface area contributed by atoms with Gasteiger partial charge in [-0.2, -0.15) is 0 Å². The molecule has 4 aromatic rings. The largest absolute Gasteiger partial charge is 0.421 e. The zero-order valence-corrected chi connectivity index (χ0v) is 18.3. The van der Waals surface area contributed by atoms with Gasteiger partial charge in [-0.1, -0.05) is 29.9 Å². The molecule has 32 heavy (non-hydrogen) atoms. The molecule has 164 valence electrons. The molecule has 1 fully saturated rings. The van der Waals surface area contributed by atoms with Crippen LogP contribution in [0.5, 0.6) is 0 Å². The fourth-order valence-corrected chi connectivity index (χ4v) is 5.13. The van der Waals surface area contributed by atoms with E-state index in [1.807, 2.05) is 12.1 Å². The molecule has 0 spiro atoms. The van der Waals surface area contributed by atoms with E-state index < -0.39 is 0 Å². The lowest BCUT2D eigenvalue weighted by Crippen LogP contribution is -2.35. The third-order valence-electron chi connectivity index (χ3n) is 5.77. The molecule has 2 atom stereocenters. The number of anilines is 1. The average molecular weight is 452 g/mol. The van der Waals surface area contributed by atoms with E-state index >= 15 is 0 Å². The summed E-state index contributed by atoms with van der Waals surface area (Å²) < 4.78 is 19.8. The molecule has 0 radical (unpaired) electrons. The molecule has 0 saturated heterocycles. The number of carbonyl (C=O) groups is 1. The Kier molecular flexibility index (Phi) is 5.57. The van der Waals surface area contributed by atoms with Gasteiger partial charge >= 0.3 is 0 Å². The molecule has 2 heterocycles. The number of carbonyl (C=O) groups excluding carboxylic acids is 1. The molecule has 9 heteroatoms. The van der Waals surface area contributed by atoms with Crippen molar-refractivity contribution < 1.29 is 13.6 Å². The van der Waals surface area contributed by atoms with Gasteiger partial charge in [0.15, 0.2) is 5.13 Å². The third-order valence-corrected chi connectivity index (χ3v) is 6.72. The molecule has 5 rings (SSSR count). The first-order valence-corrected chi connectivity index (χ1v) is 11.4. The van der Waals surface area contributed by atoms with Crippen molar-refractivity contribution >= 4 is 32.6 Å². The van der Waals surface area contributed by atoms with Crippen LogP contribution in [0.2, 0.25) is 0 Å². The quantitative estimate of drug-likeness (QED) is 0.437. The van der Waals surface area contributed by atoms with Crippen molar-refractivity contribution in [3.05, 3.63) is 59.7 Å². The molecule has 0 aliphatic heterocycles. The summed E-state index contributed by atoms with van der Waals surface area (Å²) in [4.78, 5) is 17.5. The molecular weight excluding hydrogens is 429 g/mol. The molecule has 1 saturated carbocycles. The number of thiazole rings is 1. The number of aromatic nitrogens is 3. The maximum atomic E-state index is 13.5. The lowest BCUT2D eigenvalue weighted by molar-refractivity contribution is 0.0947. The van der Waals surface area contributed by atoms with E-state index in [9.17, 15) is 9.18 Å². The number of rotatable bonds is 6. The van der Waals surface area contributed by atoms with Gasteiger partial charge in [-0.15, -0.1) is 10.2 Å². The van der Waals surface area contributed by atoms with Crippen LogP contribution in [0.4, 0.5) is 9.52 Å². The Morgan fingerprint density at radius 1 is 1.22 bits per heavy atom. The van der Waals surface area contributed by atoms with Crippen LogP contribution in [0, 0.1) is 18.7 Å². The van der Waals surface area contributed by atoms with Crippen LogP contribution < -0.4 is 10.6 Å². The number of amides is 1. The Labute approximate surface area is 188 Å². The molecule has 2 N–H and O–H groups in total. The van der Waals surface area contributed by atoms with Gasteiger partial charge in [0.05, 0.1) is 21.3 Å². The number of nitrogens with one attached hydrogen (secondary N) is 2. The first kappa shape index (κ1) is 20.6. The Bertz CT molecular complexity index is 1270. The number of halogens is 1. The minimum atomic E-state index is -0.259. The number of fused-ring (bicyclic) bond motifs is 1. The fourth-order valence-electron chi connectivity index (χ4n) is 4.18. The second-order valence-corrected chi connectivity index (χ2v) is 8.99. The molecule has 2 aromatic carbocycles.